The first-order chi connectivity index (χ1) is 8.71. The van der Waals surface area contributed by atoms with Gasteiger partial charge in [-0.3, -0.25) is 4.79 Å². The van der Waals surface area contributed by atoms with Crippen LogP contribution in [-0.2, 0) is 10.2 Å². The van der Waals surface area contributed by atoms with Crippen LogP contribution < -0.4 is 11.1 Å². The molecule has 0 aliphatic carbocycles. The largest absolute Gasteiger partial charge is 0.369 e. The van der Waals surface area contributed by atoms with Crippen molar-refractivity contribution in [2.24, 2.45) is 11.7 Å². The van der Waals surface area contributed by atoms with Crippen LogP contribution in [0.3, 0.4) is 0 Å². The molecule has 0 aromatic heterocycles. The lowest BCUT2D eigenvalue weighted by atomic mass is 9.85. The van der Waals surface area contributed by atoms with E-state index in [1.54, 1.807) is 0 Å². The van der Waals surface area contributed by atoms with Crippen molar-refractivity contribution in [1.29, 1.82) is 0 Å². The monoisotopic (exact) mass is 262 g/mol. The lowest BCUT2D eigenvalue weighted by Crippen LogP contribution is -2.34. The maximum Gasteiger partial charge on any atom is 0.231 e. The number of rotatable bonds is 5. The molecule has 0 saturated carbocycles. The molecule has 19 heavy (non-hydrogen) atoms. The molecular weight excluding hydrogens is 236 g/mol. The fraction of sp³-hybridized carbons (Fsp3) is 0.562. The van der Waals surface area contributed by atoms with Crippen LogP contribution in [0, 0.1) is 5.92 Å². The second-order valence-electron chi connectivity index (χ2n) is 6.44. The second kappa shape index (κ2) is 6.20. The average Bonchev–Trinajstić information content (AvgIpc) is 2.27. The molecule has 0 fully saturated rings. The Hall–Kier alpha value is -1.35. The van der Waals surface area contributed by atoms with Gasteiger partial charge in [-0.25, -0.2) is 0 Å². The molecule has 106 valence electrons. The van der Waals surface area contributed by atoms with Crippen LogP contribution in [0.5, 0.6) is 0 Å². The quantitative estimate of drug-likeness (QED) is 0.857. The number of carbonyl (C=O) groups is 1. The molecule has 0 saturated heterocycles. The van der Waals surface area contributed by atoms with Gasteiger partial charge >= 0.3 is 0 Å². The van der Waals surface area contributed by atoms with E-state index in [0.717, 1.165) is 0 Å². The summed E-state index contributed by atoms with van der Waals surface area (Å²) in [5.74, 6) is 0.0804. The van der Waals surface area contributed by atoms with Gasteiger partial charge in [-0.05, 0) is 22.5 Å². The number of carbonyl (C=O) groups excluding carboxylic acids is 1. The Bertz CT molecular complexity index is 415. The molecule has 3 nitrogen and oxygen atoms in total. The first-order valence-corrected chi connectivity index (χ1v) is 6.84. The fourth-order valence-corrected chi connectivity index (χ4v) is 2.14. The summed E-state index contributed by atoms with van der Waals surface area (Å²) in [4.78, 5) is 10.9. The lowest BCUT2D eigenvalue weighted by molar-refractivity contribution is -0.117. The Morgan fingerprint density at radius 3 is 2.11 bits per heavy atom. The minimum Gasteiger partial charge on any atom is -0.369 e. The van der Waals surface area contributed by atoms with Crippen molar-refractivity contribution in [3.8, 4) is 0 Å². The van der Waals surface area contributed by atoms with Crippen LogP contribution in [0.2, 0.25) is 0 Å². The van der Waals surface area contributed by atoms with Crippen LogP contribution in [0.15, 0.2) is 24.3 Å². The number of hydrogen-bond donors (Lipinski definition) is 2. The molecule has 0 spiro atoms. The van der Waals surface area contributed by atoms with E-state index >= 15 is 0 Å². The maximum absolute atomic E-state index is 10.9. The molecule has 0 bridgehead atoms. The van der Waals surface area contributed by atoms with Crippen molar-refractivity contribution in [3.63, 3.8) is 0 Å². The van der Waals surface area contributed by atoms with Gasteiger partial charge in [0.15, 0.2) is 0 Å². The average molecular weight is 262 g/mol. The molecule has 0 heterocycles. The topological polar surface area (TPSA) is 55.1 Å². The number of amides is 1. The first kappa shape index (κ1) is 15.7. The lowest BCUT2D eigenvalue weighted by Gasteiger charge is -2.24. The highest BCUT2D eigenvalue weighted by molar-refractivity contribution is 5.75. The van der Waals surface area contributed by atoms with Gasteiger partial charge in [-0.1, -0.05) is 58.9 Å². The SMILES string of the molecule is CC(C)[C@H](NCC(N)=O)c1ccc(C(C)(C)C)cc1. The van der Waals surface area contributed by atoms with Crippen LogP contribution >= 0.6 is 0 Å². The predicted octanol–water partition coefficient (Wildman–Crippen LogP) is 2.76. The number of nitrogens with two attached hydrogens (primary N) is 1. The molecule has 1 aromatic carbocycles. The molecule has 0 unspecified atom stereocenters. The highest BCUT2D eigenvalue weighted by Crippen LogP contribution is 2.26. The zero-order valence-electron chi connectivity index (χ0n) is 12.7. The van der Waals surface area contributed by atoms with E-state index in [1.165, 1.54) is 11.1 Å². The molecule has 1 aromatic rings. The van der Waals surface area contributed by atoms with Gasteiger partial charge in [0, 0.05) is 6.04 Å². The van der Waals surface area contributed by atoms with Gasteiger partial charge < -0.3 is 11.1 Å². The van der Waals surface area contributed by atoms with E-state index < -0.39 is 0 Å². The Morgan fingerprint density at radius 2 is 1.74 bits per heavy atom. The molecular formula is C16H26N2O. The third kappa shape index (κ3) is 4.67. The van der Waals surface area contributed by atoms with Crippen molar-refractivity contribution >= 4 is 5.91 Å². The first-order valence-electron chi connectivity index (χ1n) is 6.84. The number of benzene rings is 1. The minimum atomic E-state index is -0.322. The minimum absolute atomic E-state index is 0.154. The fourth-order valence-electron chi connectivity index (χ4n) is 2.14. The van der Waals surface area contributed by atoms with E-state index in [1.807, 2.05) is 0 Å². The molecule has 3 N–H and O–H groups in total. The Balaban J connectivity index is 2.88. The third-order valence-corrected chi connectivity index (χ3v) is 3.30. The van der Waals surface area contributed by atoms with E-state index in [4.69, 9.17) is 5.73 Å². The second-order valence-corrected chi connectivity index (χ2v) is 6.44. The summed E-state index contributed by atoms with van der Waals surface area (Å²) in [6.45, 7) is 11.1. The zero-order valence-corrected chi connectivity index (χ0v) is 12.7. The standard InChI is InChI=1S/C16H26N2O/c1-11(2)15(18-10-14(17)19)12-6-8-13(9-7-12)16(3,4)5/h6-9,11,15,18H,10H2,1-5H3,(H2,17,19)/t15-/m0/s1. The molecule has 1 rings (SSSR count). The van der Waals surface area contributed by atoms with Crippen LogP contribution in [-0.4, -0.2) is 12.5 Å². The Morgan fingerprint density at radius 1 is 1.21 bits per heavy atom. The highest BCUT2D eigenvalue weighted by atomic mass is 16.1. The van der Waals surface area contributed by atoms with Gasteiger partial charge in [0.25, 0.3) is 0 Å². The normalized spacial score (nSPS) is 13.6. The molecule has 0 aliphatic heterocycles. The summed E-state index contributed by atoms with van der Waals surface area (Å²) in [5, 5.41) is 3.22. The van der Waals surface area contributed by atoms with Crippen molar-refractivity contribution in [1.82, 2.24) is 5.32 Å². The summed E-state index contributed by atoms with van der Waals surface area (Å²) in [7, 11) is 0. The molecule has 0 aliphatic rings. The van der Waals surface area contributed by atoms with Crippen molar-refractivity contribution < 1.29 is 4.79 Å². The summed E-state index contributed by atoms with van der Waals surface area (Å²) in [6.07, 6.45) is 0. The summed E-state index contributed by atoms with van der Waals surface area (Å²) in [6, 6.07) is 8.76. The van der Waals surface area contributed by atoms with Crippen LogP contribution in [0.4, 0.5) is 0 Å². The highest BCUT2D eigenvalue weighted by Gasteiger charge is 2.18. The third-order valence-electron chi connectivity index (χ3n) is 3.30. The summed E-state index contributed by atoms with van der Waals surface area (Å²) >= 11 is 0. The van der Waals surface area contributed by atoms with E-state index in [2.05, 4.69) is 64.2 Å². The summed E-state index contributed by atoms with van der Waals surface area (Å²) < 4.78 is 0. The number of nitrogens with one attached hydrogen (secondary N) is 1. The number of hydrogen-bond acceptors (Lipinski definition) is 2. The van der Waals surface area contributed by atoms with Gasteiger partial charge in [-0.2, -0.15) is 0 Å². The van der Waals surface area contributed by atoms with E-state index in [-0.39, 0.29) is 23.9 Å². The smallest absolute Gasteiger partial charge is 0.231 e. The van der Waals surface area contributed by atoms with Crippen LogP contribution in [0.1, 0.15) is 51.8 Å². The molecule has 1 atom stereocenters. The van der Waals surface area contributed by atoms with Gasteiger partial charge in [0.1, 0.15) is 0 Å². The maximum atomic E-state index is 10.9. The van der Waals surface area contributed by atoms with Gasteiger partial charge in [0.05, 0.1) is 6.54 Å². The van der Waals surface area contributed by atoms with E-state index in [9.17, 15) is 4.79 Å². The molecule has 0 radical (unpaired) electrons. The zero-order chi connectivity index (χ0) is 14.6. The van der Waals surface area contributed by atoms with Crippen LogP contribution in [0.25, 0.3) is 0 Å². The van der Waals surface area contributed by atoms with E-state index in [0.29, 0.717) is 5.92 Å². The Kier molecular flexibility index (Phi) is 5.12. The van der Waals surface area contributed by atoms with Crippen molar-refractivity contribution in [2.45, 2.75) is 46.1 Å². The molecule has 1 amide bonds. The summed E-state index contributed by atoms with van der Waals surface area (Å²) in [5.41, 5.74) is 7.87. The van der Waals surface area contributed by atoms with Crippen molar-refractivity contribution in [2.75, 3.05) is 6.54 Å². The van der Waals surface area contributed by atoms with Crippen molar-refractivity contribution in [3.05, 3.63) is 35.4 Å². The van der Waals surface area contributed by atoms with Gasteiger partial charge in [0.2, 0.25) is 5.91 Å². The van der Waals surface area contributed by atoms with Gasteiger partial charge in [-0.15, -0.1) is 0 Å². The number of primary amides is 1. The molecule has 3 heteroatoms. The Labute approximate surface area is 116 Å². The predicted molar refractivity (Wildman–Crippen MR) is 79.9 cm³/mol.